The number of rotatable bonds is 7. The molecule has 0 aliphatic carbocycles. The van der Waals surface area contributed by atoms with Gasteiger partial charge >= 0.3 is 5.97 Å². The molecular weight excluding hydrogens is 251 g/mol. The van der Waals surface area contributed by atoms with Crippen LogP contribution in [-0.2, 0) is 4.74 Å². The molecule has 0 unspecified atom stereocenters. The van der Waals surface area contributed by atoms with Crippen molar-refractivity contribution in [2.24, 2.45) is 5.92 Å². The van der Waals surface area contributed by atoms with Crippen molar-refractivity contribution in [3.8, 4) is 0 Å². The van der Waals surface area contributed by atoms with Gasteiger partial charge in [0.25, 0.3) is 0 Å². The van der Waals surface area contributed by atoms with E-state index in [0.717, 1.165) is 6.07 Å². The second kappa shape index (κ2) is 7.04. The Morgan fingerprint density at radius 2 is 2.26 bits per heavy atom. The highest BCUT2D eigenvalue weighted by Gasteiger charge is 2.20. The van der Waals surface area contributed by atoms with E-state index in [-0.39, 0.29) is 11.4 Å². The summed E-state index contributed by atoms with van der Waals surface area (Å²) < 4.78 is 19.1. The van der Waals surface area contributed by atoms with Gasteiger partial charge in [0, 0.05) is 26.4 Å². The molecule has 0 fully saturated rings. The average Bonchev–Trinajstić information content (AvgIpc) is 2.34. The monoisotopic (exact) mass is 270 g/mol. The summed E-state index contributed by atoms with van der Waals surface area (Å²) in [5, 5.41) is 8.92. The summed E-state index contributed by atoms with van der Waals surface area (Å²) in [7, 11) is 1.56. The van der Waals surface area contributed by atoms with Gasteiger partial charge in [-0.05, 0) is 12.0 Å². The highest BCUT2D eigenvalue weighted by atomic mass is 19.1. The molecule has 1 N–H and O–H groups in total. The molecule has 0 radical (unpaired) electrons. The van der Waals surface area contributed by atoms with Gasteiger partial charge in [-0.3, -0.25) is 0 Å². The van der Waals surface area contributed by atoms with Crippen molar-refractivity contribution >= 4 is 11.8 Å². The Balaban J connectivity index is 3.07. The lowest BCUT2D eigenvalue weighted by Gasteiger charge is -2.25. The molecule has 106 valence electrons. The minimum absolute atomic E-state index is 0.0608. The van der Waals surface area contributed by atoms with Crippen LogP contribution in [0.5, 0.6) is 0 Å². The Kier molecular flexibility index (Phi) is 5.69. The smallest absolute Gasteiger partial charge is 0.338 e. The van der Waals surface area contributed by atoms with Crippen LogP contribution in [0.4, 0.5) is 10.2 Å². The third-order valence-corrected chi connectivity index (χ3v) is 2.55. The van der Waals surface area contributed by atoms with Crippen LogP contribution in [0, 0.1) is 11.7 Å². The summed E-state index contributed by atoms with van der Waals surface area (Å²) in [4.78, 5) is 16.6. The second-order valence-corrected chi connectivity index (χ2v) is 4.63. The second-order valence-electron chi connectivity index (χ2n) is 4.63. The molecule has 6 heteroatoms. The minimum atomic E-state index is -1.29. The third kappa shape index (κ3) is 4.17. The average molecular weight is 270 g/mol. The normalized spacial score (nSPS) is 10.8. The number of hydrogen-bond donors (Lipinski definition) is 1. The third-order valence-electron chi connectivity index (χ3n) is 2.55. The Bertz CT molecular complexity index is 438. The molecule has 1 aromatic rings. The van der Waals surface area contributed by atoms with E-state index in [9.17, 15) is 9.18 Å². The zero-order valence-corrected chi connectivity index (χ0v) is 11.4. The molecule has 0 aliphatic rings. The standard InChI is InChI=1S/C13H19FN2O3/c1-9(2)8-16(6-7-19-3)12-11(14)10(13(17)18)4-5-15-12/h4-5,9H,6-8H2,1-3H3,(H,17,18). The molecule has 0 aromatic carbocycles. The quantitative estimate of drug-likeness (QED) is 0.821. The van der Waals surface area contributed by atoms with E-state index >= 15 is 0 Å². The maximum absolute atomic E-state index is 14.1. The number of aromatic nitrogens is 1. The Morgan fingerprint density at radius 3 is 2.79 bits per heavy atom. The first kappa shape index (κ1) is 15.4. The van der Waals surface area contributed by atoms with Crippen LogP contribution in [0.25, 0.3) is 0 Å². The highest BCUT2D eigenvalue weighted by molar-refractivity contribution is 5.88. The van der Waals surface area contributed by atoms with Gasteiger partial charge in [-0.15, -0.1) is 0 Å². The molecule has 0 saturated heterocycles. The maximum atomic E-state index is 14.1. The van der Waals surface area contributed by atoms with Gasteiger partial charge in [0.15, 0.2) is 11.6 Å². The number of anilines is 1. The number of hydrogen-bond acceptors (Lipinski definition) is 4. The lowest BCUT2D eigenvalue weighted by molar-refractivity contribution is 0.0691. The molecule has 1 rings (SSSR count). The first-order chi connectivity index (χ1) is 8.97. The highest BCUT2D eigenvalue weighted by Crippen LogP contribution is 2.20. The molecular formula is C13H19FN2O3. The Morgan fingerprint density at radius 1 is 1.58 bits per heavy atom. The number of ether oxygens (including phenoxy) is 1. The van der Waals surface area contributed by atoms with Crippen LogP contribution in [0.2, 0.25) is 0 Å². The topological polar surface area (TPSA) is 62.7 Å². The number of carboxylic acids is 1. The molecule has 0 aliphatic heterocycles. The molecule has 5 nitrogen and oxygen atoms in total. The summed E-state index contributed by atoms with van der Waals surface area (Å²) in [6.45, 7) is 5.46. The molecule has 0 bridgehead atoms. The van der Waals surface area contributed by atoms with E-state index in [1.165, 1.54) is 6.20 Å². The summed E-state index contributed by atoms with van der Waals surface area (Å²) in [6.07, 6.45) is 1.31. The van der Waals surface area contributed by atoms with Crippen molar-refractivity contribution in [3.05, 3.63) is 23.6 Å². The number of pyridine rings is 1. The van der Waals surface area contributed by atoms with E-state index in [4.69, 9.17) is 9.84 Å². The summed E-state index contributed by atoms with van der Waals surface area (Å²) in [5.74, 6) is -1.73. The summed E-state index contributed by atoms with van der Waals surface area (Å²) >= 11 is 0. The van der Waals surface area contributed by atoms with Crippen molar-refractivity contribution in [1.82, 2.24) is 4.98 Å². The van der Waals surface area contributed by atoms with E-state index in [1.807, 2.05) is 13.8 Å². The van der Waals surface area contributed by atoms with E-state index in [0.29, 0.717) is 25.6 Å². The molecule has 0 amide bonds. The zero-order chi connectivity index (χ0) is 14.4. The SMILES string of the molecule is COCCN(CC(C)C)c1nccc(C(=O)O)c1F. The zero-order valence-electron chi connectivity index (χ0n) is 11.4. The first-order valence-corrected chi connectivity index (χ1v) is 6.09. The van der Waals surface area contributed by atoms with E-state index < -0.39 is 11.8 Å². The minimum Gasteiger partial charge on any atom is -0.478 e. The van der Waals surface area contributed by atoms with Gasteiger partial charge in [0.1, 0.15) is 5.56 Å². The van der Waals surface area contributed by atoms with Crippen LogP contribution >= 0.6 is 0 Å². The summed E-state index contributed by atoms with van der Waals surface area (Å²) in [5.41, 5.74) is -0.365. The first-order valence-electron chi connectivity index (χ1n) is 6.09. The fourth-order valence-electron chi connectivity index (χ4n) is 1.74. The molecule has 1 aromatic heterocycles. The van der Waals surface area contributed by atoms with Gasteiger partial charge in [0.2, 0.25) is 0 Å². The largest absolute Gasteiger partial charge is 0.478 e. The van der Waals surface area contributed by atoms with Gasteiger partial charge in [-0.2, -0.15) is 0 Å². The Hall–Kier alpha value is -1.69. The number of carboxylic acid groups (broad SMARTS) is 1. The van der Waals surface area contributed by atoms with Gasteiger partial charge < -0.3 is 14.7 Å². The fraction of sp³-hybridized carbons (Fsp3) is 0.538. The van der Waals surface area contributed by atoms with Crippen LogP contribution in [-0.4, -0.2) is 42.9 Å². The molecule has 0 spiro atoms. The molecule has 0 atom stereocenters. The molecule has 0 saturated carbocycles. The van der Waals surface area contributed by atoms with Gasteiger partial charge in [-0.25, -0.2) is 14.2 Å². The van der Waals surface area contributed by atoms with E-state index in [1.54, 1.807) is 12.0 Å². The number of aromatic carboxylic acids is 1. The lowest BCUT2D eigenvalue weighted by atomic mass is 10.2. The number of carbonyl (C=O) groups is 1. The van der Waals surface area contributed by atoms with Crippen LogP contribution in [0.3, 0.4) is 0 Å². The number of methoxy groups -OCH3 is 1. The Labute approximate surface area is 112 Å². The molecule has 1 heterocycles. The predicted molar refractivity (Wildman–Crippen MR) is 70.1 cm³/mol. The van der Waals surface area contributed by atoms with Gasteiger partial charge in [-0.1, -0.05) is 13.8 Å². The van der Waals surface area contributed by atoms with Crippen molar-refractivity contribution in [2.75, 3.05) is 31.7 Å². The van der Waals surface area contributed by atoms with Crippen molar-refractivity contribution < 1.29 is 19.0 Å². The van der Waals surface area contributed by atoms with Crippen molar-refractivity contribution in [1.29, 1.82) is 0 Å². The summed E-state index contributed by atoms with van der Waals surface area (Å²) in [6, 6.07) is 1.16. The van der Waals surface area contributed by atoms with Crippen LogP contribution < -0.4 is 4.90 Å². The van der Waals surface area contributed by atoms with E-state index in [2.05, 4.69) is 4.98 Å². The number of halogens is 1. The van der Waals surface area contributed by atoms with Crippen molar-refractivity contribution in [3.63, 3.8) is 0 Å². The number of nitrogens with zero attached hydrogens (tertiary/aromatic N) is 2. The predicted octanol–water partition coefficient (Wildman–Crippen LogP) is 2.03. The fourth-order valence-corrected chi connectivity index (χ4v) is 1.74. The van der Waals surface area contributed by atoms with Crippen molar-refractivity contribution in [2.45, 2.75) is 13.8 Å². The maximum Gasteiger partial charge on any atom is 0.338 e. The molecule has 19 heavy (non-hydrogen) atoms. The van der Waals surface area contributed by atoms with Gasteiger partial charge in [0.05, 0.1) is 6.61 Å². The lowest BCUT2D eigenvalue weighted by Crippen LogP contribution is -2.32. The van der Waals surface area contributed by atoms with Crippen LogP contribution in [0.15, 0.2) is 12.3 Å². The van der Waals surface area contributed by atoms with Crippen LogP contribution in [0.1, 0.15) is 24.2 Å².